The summed E-state index contributed by atoms with van der Waals surface area (Å²) < 4.78 is 13.4. The van der Waals surface area contributed by atoms with Crippen molar-refractivity contribution in [3.05, 3.63) is 96.1 Å². The summed E-state index contributed by atoms with van der Waals surface area (Å²) in [5.74, 6) is 0.181. The smallest absolute Gasteiger partial charge is 0.140 e. The molecule has 8 rings (SSSR count). The molecule has 0 amide bonds. The number of phenolic OH excluding ortho intramolecular Hbond substituents is 2. The number of fused-ring (bicyclic) bond motifs is 10. The van der Waals surface area contributed by atoms with Gasteiger partial charge in [-0.25, -0.2) is 0 Å². The zero-order valence-electron chi connectivity index (χ0n) is 25.8. The summed E-state index contributed by atoms with van der Waals surface area (Å²) in [7, 11) is 0. The second-order valence-corrected chi connectivity index (χ2v) is 14.1. The van der Waals surface area contributed by atoms with Gasteiger partial charge in [-0.05, 0) is 56.6 Å². The van der Waals surface area contributed by atoms with Crippen LogP contribution in [-0.4, -0.2) is 10.2 Å². The molecule has 2 N–H and O–H groups in total. The van der Waals surface area contributed by atoms with Crippen molar-refractivity contribution in [1.29, 1.82) is 0 Å². The van der Waals surface area contributed by atoms with Crippen molar-refractivity contribution in [2.24, 2.45) is 0 Å². The molecule has 0 aliphatic carbocycles. The molecule has 8 aromatic rings. The Hall–Kier alpha value is -4.96. The third-order valence-electron chi connectivity index (χ3n) is 9.09. The highest BCUT2D eigenvalue weighted by Gasteiger charge is 2.32. The SMILES string of the molecule is CC(C)(C)c1cc(O)c(-c2c(O)cc(C(C)(C)C)c3oc4ccc5ccccc5c4c23)c2c1oc1ccc3ccccc3c12. The third kappa shape index (κ3) is 3.64. The van der Waals surface area contributed by atoms with Crippen molar-refractivity contribution in [2.75, 3.05) is 0 Å². The van der Waals surface area contributed by atoms with E-state index in [-0.39, 0.29) is 22.3 Å². The van der Waals surface area contributed by atoms with Gasteiger partial charge in [0.1, 0.15) is 33.8 Å². The van der Waals surface area contributed by atoms with E-state index in [1.807, 2.05) is 48.5 Å². The van der Waals surface area contributed by atoms with Crippen molar-refractivity contribution in [2.45, 2.75) is 52.4 Å². The molecular formula is C40H34O4. The minimum absolute atomic E-state index is 0.0905. The van der Waals surface area contributed by atoms with Crippen molar-refractivity contribution in [1.82, 2.24) is 0 Å². The van der Waals surface area contributed by atoms with Gasteiger partial charge >= 0.3 is 0 Å². The Morgan fingerprint density at radius 3 is 1.25 bits per heavy atom. The van der Waals surface area contributed by atoms with Crippen LogP contribution in [0.5, 0.6) is 11.5 Å². The van der Waals surface area contributed by atoms with Crippen molar-refractivity contribution in [3.8, 4) is 22.6 Å². The Bertz CT molecular complexity index is 2300. The fourth-order valence-corrected chi connectivity index (χ4v) is 7.02. The lowest BCUT2D eigenvalue weighted by Crippen LogP contribution is -2.12. The van der Waals surface area contributed by atoms with Crippen LogP contribution in [0.4, 0.5) is 0 Å². The third-order valence-corrected chi connectivity index (χ3v) is 9.09. The second-order valence-electron chi connectivity index (χ2n) is 14.1. The average Bonchev–Trinajstić information content (AvgIpc) is 3.55. The van der Waals surface area contributed by atoms with E-state index in [9.17, 15) is 10.2 Å². The average molecular weight is 579 g/mol. The van der Waals surface area contributed by atoms with Crippen LogP contribution in [-0.2, 0) is 10.8 Å². The highest BCUT2D eigenvalue weighted by atomic mass is 16.3. The zero-order valence-corrected chi connectivity index (χ0v) is 25.8. The van der Waals surface area contributed by atoms with Crippen molar-refractivity contribution in [3.63, 3.8) is 0 Å². The van der Waals surface area contributed by atoms with Gasteiger partial charge in [0.25, 0.3) is 0 Å². The lowest BCUT2D eigenvalue weighted by Gasteiger charge is -2.23. The van der Waals surface area contributed by atoms with Gasteiger partial charge in [-0.3, -0.25) is 0 Å². The van der Waals surface area contributed by atoms with Gasteiger partial charge in [-0.2, -0.15) is 0 Å². The summed E-state index contributed by atoms with van der Waals surface area (Å²) in [5, 5.41) is 31.8. The monoisotopic (exact) mass is 578 g/mol. The number of benzene rings is 6. The maximum atomic E-state index is 12.1. The van der Waals surface area contributed by atoms with Crippen molar-refractivity contribution < 1.29 is 19.0 Å². The van der Waals surface area contributed by atoms with Gasteiger partial charge in [0, 0.05) is 43.8 Å². The summed E-state index contributed by atoms with van der Waals surface area (Å²) in [6.07, 6.45) is 0. The first kappa shape index (κ1) is 26.7. The Kier molecular flexibility index (Phi) is 5.33. The Labute approximate surface area is 255 Å². The lowest BCUT2D eigenvalue weighted by molar-refractivity contribution is 0.465. The largest absolute Gasteiger partial charge is 0.507 e. The Morgan fingerprint density at radius 1 is 0.477 bits per heavy atom. The predicted octanol–water partition coefficient (Wildman–Crippen LogP) is 11.5. The topological polar surface area (TPSA) is 66.7 Å². The molecule has 0 fully saturated rings. The second kappa shape index (κ2) is 8.79. The molecule has 0 saturated carbocycles. The van der Waals surface area contributed by atoms with Gasteiger partial charge < -0.3 is 19.0 Å². The zero-order chi connectivity index (χ0) is 30.7. The van der Waals surface area contributed by atoms with E-state index in [0.29, 0.717) is 22.3 Å². The first-order valence-corrected chi connectivity index (χ1v) is 15.1. The molecule has 4 heteroatoms. The summed E-state index contributed by atoms with van der Waals surface area (Å²) in [6, 6.07) is 28.2. The molecule has 0 spiro atoms. The first-order valence-electron chi connectivity index (χ1n) is 15.1. The molecule has 0 bridgehead atoms. The summed E-state index contributed by atoms with van der Waals surface area (Å²) >= 11 is 0. The maximum Gasteiger partial charge on any atom is 0.140 e. The van der Waals surface area contributed by atoms with Crippen LogP contribution in [0.15, 0.2) is 93.8 Å². The Morgan fingerprint density at radius 2 is 0.864 bits per heavy atom. The van der Waals surface area contributed by atoms with Crippen LogP contribution in [0.1, 0.15) is 52.7 Å². The number of phenols is 2. The number of hydrogen-bond donors (Lipinski definition) is 2. The number of hydrogen-bond acceptors (Lipinski definition) is 4. The van der Waals surface area contributed by atoms with Crippen LogP contribution in [0.25, 0.3) is 76.5 Å². The molecule has 0 radical (unpaired) electrons. The summed E-state index contributed by atoms with van der Waals surface area (Å²) in [5.41, 5.74) is 5.15. The predicted molar refractivity (Wildman–Crippen MR) is 182 cm³/mol. The van der Waals surface area contributed by atoms with E-state index >= 15 is 0 Å². The number of rotatable bonds is 1. The van der Waals surface area contributed by atoms with Crippen LogP contribution in [0, 0.1) is 0 Å². The van der Waals surface area contributed by atoms with Gasteiger partial charge in [0.2, 0.25) is 0 Å². The molecule has 0 saturated heterocycles. The van der Waals surface area contributed by atoms with Crippen LogP contribution in [0.2, 0.25) is 0 Å². The minimum Gasteiger partial charge on any atom is -0.507 e. The molecule has 2 aromatic heterocycles. The van der Waals surface area contributed by atoms with E-state index in [1.54, 1.807) is 0 Å². The molecule has 2 heterocycles. The Balaban J connectivity index is 1.68. The maximum absolute atomic E-state index is 12.1. The fourth-order valence-electron chi connectivity index (χ4n) is 7.02. The molecule has 0 aliphatic heterocycles. The molecule has 0 unspecified atom stereocenters. The quantitative estimate of drug-likeness (QED) is 0.203. The fraction of sp³-hybridized carbons (Fsp3) is 0.200. The molecular weight excluding hydrogens is 544 g/mol. The molecule has 0 atom stereocenters. The standard InChI is InChI=1S/C40H34O4/c1-39(2,3)25-19-27(41)33(35-31-23-13-9-7-11-21(23)15-17-29(31)43-37(25)35)34-28(42)20-26(40(4,5)6)38-36(34)32-24-14-10-8-12-22(24)16-18-30(32)44-38/h7-20,41-42H,1-6H3. The normalized spacial score (nSPS) is 13.0. The molecule has 0 aliphatic rings. The van der Waals surface area contributed by atoms with E-state index in [2.05, 4.69) is 77.9 Å². The van der Waals surface area contributed by atoms with Crippen LogP contribution >= 0.6 is 0 Å². The summed E-state index contributed by atoms with van der Waals surface area (Å²) in [6.45, 7) is 12.7. The van der Waals surface area contributed by atoms with Gasteiger partial charge in [-0.15, -0.1) is 0 Å². The molecule has 218 valence electrons. The van der Waals surface area contributed by atoms with E-state index in [4.69, 9.17) is 8.83 Å². The lowest BCUT2D eigenvalue weighted by atomic mass is 9.80. The van der Waals surface area contributed by atoms with E-state index in [1.165, 1.54) is 0 Å². The van der Waals surface area contributed by atoms with E-state index in [0.717, 1.165) is 65.4 Å². The number of aromatic hydroxyl groups is 2. The molecule has 44 heavy (non-hydrogen) atoms. The van der Waals surface area contributed by atoms with Crippen LogP contribution < -0.4 is 0 Å². The van der Waals surface area contributed by atoms with E-state index < -0.39 is 0 Å². The highest BCUT2D eigenvalue weighted by molar-refractivity contribution is 6.29. The molecule has 4 nitrogen and oxygen atoms in total. The molecule has 6 aromatic carbocycles. The minimum atomic E-state index is -0.316. The first-order chi connectivity index (χ1) is 20.9. The summed E-state index contributed by atoms with van der Waals surface area (Å²) in [4.78, 5) is 0. The van der Waals surface area contributed by atoms with Crippen LogP contribution in [0.3, 0.4) is 0 Å². The van der Waals surface area contributed by atoms with Crippen molar-refractivity contribution >= 4 is 65.4 Å². The van der Waals surface area contributed by atoms with Gasteiger partial charge in [-0.1, -0.05) is 102 Å². The highest BCUT2D eigenvalue weighted by Crippen LogP contribution is 2.54. The van der Waals surface area contributed by atoms with Gasteiger partial charge in [0.05, 0.1) is 0 Å². The van der Waals surface area contributed by atoms with Gasteiger partial charge in [0.15, 0.2) is 0 Å². The number of furan rings is 2.